The molecule has 0 saturated heterocycles. The molecular weight excluding hydrogens is 478 g/mol. The van der Waals surface area contributed by atoms with E-state index in [9.17, 15) is 23.2 Å². The van der Waals surface area contributed by atoms with E-state index in [0.29, 0.717) is 32.1 Å². The monoisotopic (exact) mass is 508 g/mol. The molecule has 0 heterocycles. The zero-order valence-electron chi connectivity index (χ0n) is 19.0. The van der Waals surface area contributed by atoms with Crippen LogP contribution in [0, 0.1) is 23.2 Å². The normalized spacial score (nSPS) is 33.9. The SMILES string of the molecule is CC1(OC(=O)COC(=O)C23CC4CC(C2)C(OC(=O)C(F)(F)SOOO)C(C4)C3)CCCCC1. The lowest BCUT2D eigenvalue weighted by Crippen LogP contribution is -2.58. The highest BCUT2D eigenvalue weighted by atomic mass is 32.2. The van der Waals surface area contributed by atoms with Gasteiger partial charge in [-0.05, 0) is 82.5 Å². The minimum atomic E-state index is -4.07. The van der Waals surface area contributed by atoms with Crippen LogP contribution < -0.4 is 0 Å². The Hall–Kier alpha value is -1.50. The van der Waals surface area contributed by atoms with Crippen molar-refractivity contribution >= 4 is 30.0 Å². The molecule has 12 heteroatoms. The van der Waals surface area contributed by atoms with Crippen LogP contribution in [0.25, 0.3) is 0 Å². The van der Waals surface area contributed by atoms with Crippen molar-refractivity contribution in [2.24, 2.45) is 23.2 Å². The van der Waals surface area contributed by atoms with Crippen LogP contribution in [-0.4, -0.2) is 46.7 Å². The molecule has 192 valence electrons. The number of halogens is 2. The van der Waals surface area contributed by atoms with Gasteiger partial charge in [-0.25, -0.2) is 14.8 Å². The van der Waals surface area contributed by atoms with Gasteiger partial charge in [-0.1, -0.05) is 11.5 Å². The fourth-order valence-electron chi connectivity index (χ4n) is 6.69. The van der Waals surface area contributed by atoms with Crippen molar-refractivity contribution in [1.82, 2.24) is 0 Å². The molecule has 0 aromatic rings. The first kappa shape index (κ1) is 25.6. The largest absolute Gasteiger partial charge is 0.457 e. The van der Waals surface area contributed by atoms with Crippen molar-refractivity contribution < 1.29 is 52.0 Å². The lowest BCUT2D eigenvalue weighted by Gasteiger charge is -2.57. The Kier molecular flexibility index (Phi) is 7.42. The van der Waals surface area contributed by atoms with Gasteiger partial charge in [-0.2, -0.15) is 8.78 Å². The second-order valence-corrected chi connectivity index (χ2v) is 11.2. The Morgan fingerprint density at radius 3 is 2.32 bits per heavy atom. The van der Waals surface area contributed by atoms with Crippen LogP contribution in [0.1, 0.15) is 71.1 Å². The number of rotatable bonds is 9. The number of hydrogen-bond donors (Lipinski definition) is 1. The lowest BCUT2D eigenvalue weighted by molar-refractivity contribution is -0.433. The van der Waals surface area contributed by atoms with Gasteiger partial charge in [-0.15, -0.1) is 4.33 Å². The summed E-state index contributed by atoms with van der Waals surface area (Å²) >= 11 is -0.660. The zero-order valence-corrected chi connectivity index (χ0v) is 19.8. The van der Waals surface area contributed by atoms with Crippen LogP contribution >= 0.6 is 12.0 Å². The second-order valence-electron chi connectivity index (χ2n) is 10.4. The quantitative estimate of drug-likeness (QED) is 0.160. The average Bonchev–Trinajstić information content (AvgIpc) is 2.78. The van der Waals surface area contributed by atoms with E-state index in [1.807, 2.05) is 6.92 Å². The van der Waals surface area contributed by atoms with Crippen LogP contribution in [0.2, 0.25) is 0 Å². The van der Waals surface area contributed by atoms with Gasteiger partial charge in [0.15, 0.2) is 6.61 Å². The first-order valence-corrected chi connectivity index (χ1v) is 12.4. The highest BCUT2D eigenvalue weighted by Crippen LogP contribution is 2.61. The fraction of sp³-hybridized carbons (Fsp3) is 0.864. The van der Waals surface area contributed by atoms with Gasteiger partial charge in [0.05, 0.1) is 5.41 Å². The summed E-state index contributed by atoms with van der Waals surface area (Å²) in [4.78, 5) is 37.4. The summed E-state index contributed by atoms with van der Waals surface area (Å²) in [5, 5.41) is 7.11. The Morgan fingerprint density at radius 2 is 1.71 bits per heavy atom. The van der Waals surface area contributed by atoms with Crippen molar-refractivity contribution in [2.45, 2.75) is 88.1 Å². The minimum absolute atomic E-state index is 0.203. The Balaban J connectivity index is 1.33. The number of carbonyl (C=O) groups excluding carboxylic acids is 3. The molecule has 0 aromatic heterocycles. The number of alkyl halides is 2. The van der Waals surface area contributed by atoms with Crippen molar-refractivity contribution in [3.63, 3.8) is 0 Å². The number of esters is 3. The number of carbonyl (C=O) groups is 3. The maximum Gasteiger partial charge on any atom is 0.415 e. The molecule has 0 spiro atoms. The van der Waals surface area contributed by atoms with Crippen LogP contribution in [0.5, 0.6) is 0 Å². The molecule has 4 bridgehead atoms. The van der Waals surface area contributed by atoms with E-state index in [2.05, 4.69) is 9.37 Å². The van der Waals surface area contributed by atoms with Gasteiger partial charge in [0, 0.05) is 0 Å². The summed E-state index contributed by atoms with van der Waals surface area (Å²) in [6.45, 7) is 1.45. The summed E-state index contributed by atoms with van der Waals surface area (Å²) in [6, 6.07) is 0. The topological polar surface area (TPSA) is 118 Å². The van der Waals surface area contributed by atoms with Gasteiger partial charge < -0.3 is 14.2 Å². The smallest absolute Gasteiger partial charge is 0.415 e. The van der Waals surface area contributed by atoms with Gasteiger partial charge in [0.1, 0.15) is 23.7 Å². The molecule has 0 aliphatic heterocycles. The third kappa shape index (κ3) is 5.34. The molecule has 0 amide bonds. The van der Waals surface area contributed by atoms with Gasteiger partial charge in [0.25, 0.3) is 0 Å². The maximum atomic E-state index is 13.9. The molecule has 5 aliphatic carbocycles. The van der Waals surface area contributed by atoms with E-state index in [0.717, 1.165) is 32.1 Å². The van der Waals surface area contributed by atoms with E-state index < -0.39 is 58.9 Å². The standard InChI is InChI=1S/C22H30F2O9S/c1-20(5-3-2-4-6-20)31-16(25)12-29-18(26)21-9-13-7-14(10-21)17(15(8-13)11-21)30-19(27)22(23,24)34-33-32-28/h13-15,17,28H,2-12H2,1H3. The second kappa shape index (κ2) is 9.87. The molecule has 1 N–H and O–H groups in total. The molecule has 34 heavy (non-hydrogen) atoms. The van der Waals surface area contributed by atoms with E-state index in [1.165, 1.54) is 0 Å². The maximum absolute atomic E-state index is 13.9. The van der Waals surface area contributed by atoms with E-state index >= 15 is 0 Å². The minimum Gasteiger partial charge on any atom is -0.457 e. The molecule has 5 fully saturated rings. The van der Waals surface area contributed by atoms with E-state index in [1.54, 1.807) is 0 Å². The summed E-state index contributed by atoms with van der Waals surface area (Å²) in [6.07, 6.45) is 6.57. The predicted molar refractivity (Wildman–Crippen MR) is 112 cm³/mol. The summed E-state index contributed by atoms with van der Waals surface area (Å²) in [5.74, 6) is -3.14. The van der Waals surface area contributed by atoms with Crippen molar-refractivity contribution in [2.75, 3.05) is 6.61 Å². The predicted octanol–water partition coefficient (Wildman–Crippen LogP) is 4.20. The Morgan fingerprint density at radius 1 is 1.06 bits per heavy atom. The number of hydrogen-bond acceptors (Lipinski definition) is 10. The molecule has 2 atom stereocenters. The van der Waals surface area contributed by atoms with Gasteiger partial charge >= 0.3 is 23.2 Å². The molecule has 0 aromatic carbocycles. The Labute approximate surface area is 200 Å². The molecule has 5 saturated carbocycles. The Bertz CT molecular complexity index is 785. The van der Waals surface area contributed by atoms with E-state index in [4.69, 9.17) is 19.5 Å². The first-order valence-electron chi connectivity index (χ1n) is 11.7. The third-order valence-corrected chi connectivity index (χ3v) is 8.37. The molecule has 0 radical (unpaired) electrons. The van der Waals surface area contributed by atoms with Crippen molar-refractivity contribution in [1.29, 1.82) is 0 Å². The molecule has 5 aliphatic rings. The highest BCUT2D eigenvalue weighted by molar-refractivity contribution is 7.96. The number of ether oxygens (including phenoxy) is 3. The van der Waals surface area contributed by atoms with Crippen LogP contribution in [0.15, 0.2) is 0 Å². The van der Waals surface area contributed by atoms with Crippen molar-refractivity contribution in [3.05, 3.63) is 0 Å². The zero-order chi connectivity index (χ0) is 24.6. The lowest BCUT2D eigenvalue weighted by atomic mass is 9.48. The molecular formula is C22H30F2O9S. The summed E-state index contributed by atoms with van der Waals surface area (Å²) in [7, 11) is 0. The third-order valence-electron chi connectivity index (χ3n) is 7.86. The average molecular weight is 509 g/mol. The van der Waals surface area contributed by atoms with E-state index in [-0.39, 0.29) is 17.8 Å². The van der Waals surface area contributed by atoms with Gasteiger partial charge in [0.2, 0.25) is 0 Å². The molecule has 5 rings (SSSR count). The highest BCUT2D eigenvalue weighted by Gasteiger charge is 2.61. The van der Waals surface area contributed by atoms with Crippen molar-refractivity contribution in [3.8, 4) is 0 Å². The fourth-order valence-corrected chi connectivity index (χ4v) is 6.92. The van der Waals surface area contributed by atoms with Gasteiger partial charge in [-0.3, -0.25) is 4.79 Å². The van der Waals surface area contributed by atoms with Crippen LogP contribution in [-0.2, 0) is 38.0 Å². The molecule has 9 nitrogen and oxygen atoms in total. The summed E-state index contributed by atoms with van der Waals surface area (Å²) < 4.78 is 47.5. The van der Waals surface area contributed by atoms with Crippen LogP contribution in [0.3, 0.4) is 0 Å². The molecule has 2 unspecified atom stereocenters. The summed E-state index contributed by atoms with van der Waals surface area (Å²) in [5.41, 5.74) is -1.33. The first-order chi connectivity index (χ1) is 16.1. The van der Waals surface area contributed by atoms with Crippen LogP contribution in [0.4, 0.5) is 8.78 Å².